The molecule has 0 aliphatic carbocycles. The Bertz CT molecular complexity index is 659. The number of aromatic nitrogens is 2. The van der Waals surface area contributed by atoms with Gasteiger partial charge in [0.2, 0.25) is 5.91 Å². The summed E-state index contributed by atoms with van der Waals surface area (Å²) in [5.74, 6) is 1.98. The van der Waals surface area contributed by atoms with Crippen LogP contribution in [-0.4, -0.2) is 58.5 Å². The van der Waals surface area contributed by atoms with E-state index >= 15 is 0 Å². The Morgan fingerprint density at radius 3 is 2.77 bits per heavy atom. The zero-order chi connectivity index (χ0) is 15.5. The number of nitrogens with zero attached hydrogens (tertiary/aromatic N) is 3. The average molecular weight is 302 g/mol. The van der Waals surface area contributed by atoms with Crippen LogP contribution in [0.3, 0.4) is 0 Å². The normalized spacial score (nSPS) is 16.2. The van der Waals surface area contributed by atoms with Crippen LogP contribution in [-0.2, 0) is 11.3 Å². The summed E-state index contributed by atoms with van der Waals surface area (Å²) in [4.78, 5) is 23.5. The van der Waals surface area contributed by atoms with Crippen LogP contribution in [0.2, 0.25) is 0 Å². The smallest absolute Gasteiger partial charge is 0.219 e. The minimum absolute atomic E-state index is 0.159. The summed E-state index contributed by atoms with van der Waals surface area (Å²) >= 11 is 0. The molecule has 6 nitrogen and oxygen atoms in total. The first-order valence-corrected chi connectivity index (χ1v) is 7.75. The van der Waals surface area contributed by atoms with E-state index in [1.165, 1.54) is 0 Å². The van der Waals surface area contributed by atoms with Crippen LogP contribution in [0.1, 0.15) is 19.7 Å². The molecule has 0 bridgehead atoms. The minimum atomic E-state index is 0.159. The summed E-state index contributed by atoms with van der Waals surface area (Å²) in [5, 5.41) is 0. The van der Waals surface area contributed by atoms with Gasteiger partial charge in [-0.2, -0.15) is 0 Å². The quantitative estimate of drug-likeness (QED) is 0.932. The van der Waals surface area contributed by atoms with Crippen molar-refractivity contribution in [1.82, 2.24) is 19.8 Å². The molecule has 1 fully saturated rings. The molecule has 0 spiro atoms. The molecule has 22 heavy (non-hydrogen) atoms. The van der Waals surface area contributed by atoms with Gasteiger partial charge in [-0.15, -0.1) is 0 Å². The lowest BCUT2D eigenvalue weighted by molar-refractivity contribution is -0.130. The minimum Gasteiger partial charge on any atom is -0.494 e. The average Bonchev–Trinajstić information content (AvgIpc) is 2.89. The van der Waals surface area contributed by atoms with Crippen molar-refractivity contribution < 1.29 is 9.53 Å². The highest BCUT2D eigenvalue weighted by molar-refractivity contribution is 5.76. The standard InChI is InChI=1S/C16H22N4O2/c1-3-22-13-4-5-14-15(10-13)18-16(17-14)11-19-6-8-20(9-7-19)12(2)21/h4-5,10H,3,6-9,11H2,1-2H3,(H,17,18). The summed E-state index contributed by atoms with van der Waals surface area (Å²) in [7, 11) is 0. The Morgan fingerprint density at radius 2 is 2.09 bits per heavy atom. The zero-order valence-corrected chi connectivity index (χ0v) is 13.1. The van der Waals surface area contributed by atoms with Gasteiger partial charge in [-0.25, -0.2) is 4.98 Å². The van der Waals surface area contributed by atoms with Gasteiger partial charge in [0.1, 0.15) is 11.6 Å². The molecule has 0 unspecified atom stereocenters. The lowest BCUT2D eigenvalue weighted by Gasteiger charge is -2.33. The number of fused-ring (bicyclic) bond motifs is 1. The van der Waals surface area contributed by atoms with Crippen LogP contribution in [0.5, 0.6) is 5.75 Å². The summed E-state index contributed by atoms with van der Waals surface area (Å²) in [6.07, 6.45) is 0. The van der Waals surface area contributed by atoms with Crippen molar-refractivity contribution in [2.75, 3.05) is 32.8 Å². The maximum Gasteiger partial charge on any atom is 0.219 e. The number of carbonyl (C=O) groups is 1. The van der Waals surface area contributed by atoms with Crippen LogP contribution >= 0.6 is 0 Å². The molecule has 1 aromatic carbocycles. The third-order valence-corrected chi connectivity index (χ3v) is 4.00. The fourth-order valence-electron chi connectivity index (χ4n) is 2.81. The van der Waals surface area contributed by atoms with Crippen LogP contribution in [0.15, 0.2) is 18.2 Å². The number of rotatable bonds is 4. The molecule has 118 valence electrons. The molecule has 2 heterocycles. The molecule has 0 atom stereocenters. The summed E-state index contributed by atoms with van der Waals surface area (Å²) < 4.78 is 5.51. The predicted molar refractivity (Wildman–Crippen MR) is 84.8 cm³/mol. The first-order valence-electron chi connectivity index (χ1n) is 7.75. The van der Waals surface area contributed by atoms with Crippen molar-refractivity contribution in [2.24, 2.45) is 0 Å². The van der Waals surface area contributed by atoms with E-state index in [9.17, 15) is 4.79 Å². The van der Waals surface area contributed by atoms with Crippen LogP contribution in [0, 0.1) is 0 Å². The van der Waals surface area contributed by atoms with Crippen molar-refractivity contribution >= 4 is 16.9 Å². The highest BCUT2D eigenvalue weighted by atomic mass is 16.5. The second-order valence-electron chi connectivity index (χ2n) is 5.58. The van der Waals surface area contributed by atoms with Gasteiger partial charge < -0.3 is 14.6 Å². The predicted octanol–water partition coefficient (Wildman–Crippen LogP) is 1.63. The van der Waals surface area contributed by atoms with E-state index in [0.717, 1.165) is 55.3 Å². The van der Waals surface area contributed by atoms with Gasteiger partial charge in [-0.1, -0.05) is 0 Å². The number of nitrogens with one attached hydrogen (secondary N) is 1. The Morgan fingerprint density at radius 1 is 1.32 bits per heavy atom. The number of aromatic amines is 1. The number of imidazole rings is 1. The SMILES string of the molecule is CCOc1ccc2nc(CN3CCN(C(C)=O)CC3)[nH]c2c1. The summed E-state index contributed by atoms with van der Waals surface area (Å²) in [6.45, 7) is 8.42. The van der Waals surface area contributed by atoms with Crippen molar-refractivity contribution in [2.45, 2.75) is 20.4 Å². The Hall–Kier alpha value is -2.08. The largest absolute Gasteiger partial charge is 0.494 e. The number of amides is 1. The Kier molecular flexibility index (Phi) is 4.29. The monoisotopic (exact) mass is 302 g/mol. The van der Waals surface area contributed by atoms with Crippen molar-refractivity contribution in [3.05, 3.63) is 24.0 Å². The molecule has 6 heteroatoms. The lowest BCUT2D eigenvalue weighted by Crippen LogP contribution is -2.47. The molecule has 2 aromatic rings. The van der Waals surface area contributed by atoms with Gasteiger partial charge in [0, 0.05) is 39.2 Å². The second-order valence-corrected chi connectivity index (χ2v) is 5.58. The van der Waals surface area contributed by atoms with Crippen LogP contribution in [0.4, 0.5) is 0 Å². The molecular weight excluding hydrogens is 280 g/mol. The van der Waals surface area contributed by atoms with Gasteiger partial charge in [0.25, 0.3) is 0 Å². The maximum atomic E-state index is 11.3. The molecule has 1 N–H and O–H groups in total. The van der Waals surface area contributed by atoms with E-state index in [-0.39, 0.29) is 5.91 Å². The fourth-order valence-corrected chi connectivity index (χ4v) is 2.81. The molecule has 0 radical (unpaired) electrons. The van der Waals surface area contributed by atoms with Gasteiger partial charge >= 0.3 is 0 Å². The van der Waals surface area contributed by atoms with Gasteiger partial charge in [0.05, 0.1) is 24.2 Å². The van der Waals surface area contributed by atoms with E-state index in [1.807, 2.05) is 30.0 Å². The van der Waals surface area contributed by atoms with E-state index in [2.05, 4.69) is 14.9 Å². The third-order valence-electron chi connectivity index (χ3n) is 4.00. The maximum absolute atomic E-state index is 11.3. The number of hydrogen-bond donors (Lipinski definition) is 1. The van der Waals surface area contributed by atoms with Crippen molar-refractivity contribution in [1.29, 1.82) is 0 Å². The highest BCUT2D eigenvalue weighted by Crippen LogP contribution is 2.19. The van der Waals surface area contributed by atoms with Gasteiger partial charge in [-0.05, 0) is 19.1 Å². The Balaban J connectivity index is 1.66. The zero-order valence-electron chi connectivity index (χ0n) is 13.1. The van der Waals surface area contributed by atoms with E-state index in [0.29, 0.717) is 6.61 Å². The number of ether oxygens (including phenoxy) is 1. The molecule has 1 aromatic heterocycles. The molecule has 1 aliphatic heterocycles. The number of piperazine rings is 1. The van der Waals surface area contributed by atoms with Crippen LogP contribution in [0.25, 0.3) is 11.0 Å². The van der Waals surface area contributed by atoms with E-state index in [4.69, 9.17) is 4.74 Å². The van der Waals surface area contributed by atoms with E-state index < -0.39 is 0 Å². The first-order chi connectivity index (χ1) is 10.7. The highest BCUT2D eigenvalue weighted by Gasteiger charge is 2.19. The molecule has 0 saturated carbocycles. The second kappa shape index (κ2) is 6.36. The van der Waals surface area contributed by atoms with Crippen LogP contribution < -0.4 is 4.74 Å². The number of H-pyrrole nitrogens is 1. The number of hydrogen-bond acceptors (Lipinski definition) is 4. The van der Waals surface area contributed by atoms with Crippen molar-refractivity contribution in [3.63, 3.8) is 0 Å². The summed E-state index contributed by atoms with van der Waals surface area (Å²) in [6, 6.07) is 5.92. The Labute approximate surface area is 130 Å². The molecule has 3 rings (SSSR count). The summed E-state index contributed by atoms with van der Waals surface area (Å²) in [5.41, 5.74) is 1.96. The number of benzene rings is 1. The van der Waals surface area contributed by atoms with E-state index in [1.54, 1.807) is 6.92 Å². The molecular formula is C16H22N4O2. The molecule has 1 aliphatic rings. The third kappa shape index (κ3) is 3.22. The molecule has 1 saturated heterocycles. The van der Waals surface area contributed by atoms with Gasteiger partial charge in [0.15, 0.2) is 0 Å². The van der Waals surface area contributed by atoms with Crippen molar-refractivity contribution in [3.8, 4) is 5.75 Å². The first kappa shape index (κ1) is 14.8. The topological polar surface area (TPSA) is 61.5 Å². The fraction of sp³-hybridized carbons (Fsp3) is 0.500. The number of carbonyl (C=O) groups excluding carboxylic acids is 1. The van der Waals surface area contributed by atoms with Gasteiger partial charge in [-0.3, -0.25) is 9.69 Å². The lowest BCUT2D eigenvalue weighted by atomic mass is 10.3. The molecule has 1 amide bonds.